The molecule has 0 aromatic carbocycles. The van der Waals surface area contributed by atoms with E-state index in [2.05, 4.69) is 10.3 Å². The Labute approximate surface area is 168 Å². The summed E-state index contributed by atoms with van der Waals surface area (Å²) in [5.74, 6) is -0.103. The van der Waals surface area contributed by atoms with E-state index < -0.39 is 5.92 Å². The third kappa shape index (κ3) is 3.97. The third-order valence-electron chi connectivity index (χ3n) is 4.94. The summed E-state index contributed by atoms with van der Waals surface area (Å²) in [6.07, 6.45) is 2.38. The van der Waals surface area contributed by atoms with E-state index in [0.717, 1.165) is 23.3 Å². The average Bonchev–Trinajstić information content (AvgIpc) is 3.01. The van der Waals surface area contributed by atoms with Crippen LogP contribution < -0.4 is 10.9 Å². The van der Waals surface area contributed by atoms with Gasteiger partial charge < -0.3 is 10.1 Å². The number of ether oxygens (including phenoxy) is 1. The lowest BCUT2D eigenvalue weighted by Gasteiger charge is -2.21. The number of esters is 1. The van der Waals surface area contributed by atoms with E-state index in [1.807, 2.05) is 13.8 Å². The van der Waals surface area contributed by atoms with Gasteiger partial charge in [-0.2, -0.15) is 0 Å². The highest BCUT2D eigenvalue weighted by molar-refractivity contribution is 7.18. The van der Waals surface area contributed by atoms with Crippen molar-refractivity contribution in [3.8, 4) is 0 Å². The molecule has 7 nitrogen and oxygen atoms in total. The minimum absolute atomic E-state index is 0.0744. The van der Waals surface area contributed by atoms with E-state index in [0.29, 0.717) is 41.5 Å². The second kappa shape index (κ2) is 8.43. The second-order valence-electron chi connectivity index (χ2n) is 7.56. The first-order valence-electron chi connectivity index (χ1n) is 9.79. The van der Waals surface area contributed by atoms with E-state index >= 15 is 0 Å². The van der Waals surface area contributed by atoms with Crippen molar-refractivity contribution in [3.05, 3.63) is 26.6 Å². The van der Waals surface area contributed by atoms with Crippen LogP contribution in [0.5, 0.6) is 0 Å². The maximum atomic E-state index is 13.3. The van der Waals surface area contributed by atoms with E-state index in [-0.39, 0.29) is 24.0 Å². The van der Waals surface area contributed by atoms with Crippen LogP contribution in [0, 0.1) is 12.8 Å². The zero-order valence-electron chi connectivity index (χ0n) is 16.8. The van der Waals surface area contributed by atoms with Gasteiger partial charge in [0.05, 0.1) is 17.9 Å². The first kappa shape index (κ1) is 20.5. The summed E-state index contributed by atoms with van der Waals surface area (Å²) >= 11 is 1.48. The molecule has 2 aromatic heterocycles. The molecule has 1 amide bonds. The largest absolute Gasteiger partial charge is 0.466 e. The third-order valence-corrected chi connectivity index (χ3v) is 6.10. The van der Waals surface area contributed by atoms with Gasteiger partial charge in [-0.1, -0.05) is 13.8 Å². The first-order valence-corrected chi connectivity index (χ1v) is 10.6. The highest BCUT2D eigenvalue weighted by Gasteiger charge is 2.33. The molecule has 1 atom stereocenters. The fraction of sp³-hybridized carbons (Fsp3) is 0.600. The molecule has 0 saturated heterocycles. The van der Waals surface area contributed by atoms with Crippen LogP contribution in [0.25, 0.3) is 10.2 Å². The van der Waals surface area contributed by atoms with Crippen molar-refractivity contribution >= 4 is 33.4 Å². The number of carbonyl (C=O) groups excluding carboxylic acids is 2. The molecule has 1 N–H and O–H groups in total. The number of amides is 1. The highest BCUT2D eigenvalue weighted by atomic mass is 32.1. The number of carbonyl (C=O) groups is 2. The first-order chi connectivity index (χ1) is 13.3. The van der Waals surface area contributed by atoms with Gasteiger partial charge in [0, 0.05) is 11.4 Å². The Morgan fingerprint density at radius 3 is 2.82 bits per heavy atom. The van der Waals surface area contributed by atoms with Gasteiger partial charge in [0.1, 0.15) is 17.2 Å². The molecule has 2 aromatic rings. The maximum Gasteiger partial charge on any atom is 0.313 e. The summed E-state index contributed by atoms with van der Waals surface area (Å²) in [6.45, 7) is 8.33. The van der Waals surface area contributed by atoms with Crippen LogP contribution in [-0.2, 0) is 27.3 Å². The summed E-state index contributed by atoms with van der Waals surface area (Å²) in [5, 5.41) is 3.31. The van der Waals surface area contributed by atoms with Gasteiger partial charge in [-0.15, -0.1) is 11.3 Å². The van der Waals surface area contributed by atoms with Crippen LogP contribution >= 0.6 is 11.3 Å². The fourth-order valence-corrected chi connectivity index (χ4v) is 4.91. The van der Waals surface area contributed by atoms with Gasteiger partial charge in [0.25, 0.3) is 5.56 Å². The van der Waals surface area contributed by atoms with E-state index in [1.54, 1.807) is 13.8 Å². The van der Waals surface area contributed by atoms with Crippen LogP contribution in [0.1, 0.15) is 55.8 Å². The molecule has 3 rings (SSSR count). The van der Waals surface area contributed by atoms with Gasteiger partial charge in [-0.25, -0.2) is 4.98 Å². The monoisotopic (exact) mass is 405 g/mol. The number of aryl methyl sites for hydroxylation is 2. The van der Waals surface area contributed by atoms with Crippen LogP contribution in [-0.4, -0.2) is 34.6 Å². The predicted octanol–water partition coefficient (Wildman–Crippen LogP) is 2.52. The molecule has 0 spiro atoms. The Kier molecular flexibility index (Phi) is 6.17. The summed E-state index contributed by atoms with van der Waals surface area (Å²) < 4.78 is 6.65. The van der Waals surface area contributed by atoms with E-state index in [9.17, 15) is 14.4 Å². The molecule has 0 bridgehead atoms. The molecule has 1 unspecified atom stereocenters. The van der Waals surface area contributed by atoms with E-state index in [1.165, 1.54) is 15.9 Å². The molecule has 152 valence electrons. The Morgan fingerprint density at radius 2 is 2.14 bits per heavy atom. The maximum absolute atomic E-state index is 13.3. The van der Waals surface area contributed by atoms with Gasteiger partial charge >= 0.3 is 5.97 Å². The zero-order valence-corrected chi connectivity index (χ0v) is 17.6. The fourth-order valence-electron chi connectivity index (χ4n) is 3.60. The van der Waals surface area contributed by atoms with Crippen molar-refractivity contribution in [2.45, 2.75) is 59.4 Å². The molecule has 0 saturated carbocycles. The standard InChI is InChI=1S/C20H27N3O4S/c1-5-27-20(26)13-7-6-8-14-16(13)17-18(28-14)22-12(4)23(19(17)25)10-15(24)21-9-11(2)3/h11,13H,5-10H2,1-4H3,(H,21,24). The summed E-state index contributed by atoms with van der Waals surface area (Å²) in [7, 11) is 0. The molecular weight excluding hydrogens is 378 g/mol. The van der Waals surface area contributed by atoms with Crippen LogP contribution in [0.2, 0.25) is 0 Å². The second-order valence-corrected chi connectivity index (χ2v) is 8.65. The lowest BCUT2D eigenvalue weighted by atomic mass is 9.86. The lowest BCUT2D eigenvalue weighted by molar-refractivity contribution is -0.145. The zero-order chi connectivity index (χ0) is 20.4. The molecule has 8 heteroatoms. The minimum atomic E-state index is -0.433. The normalized spacial score (nSPS) is 16.2. The van der Waals surface area contributed by atoms with Gasteiger partial charge in [-0.3, -0.25) is 19.0 Å². The highest BCUT2D eigenvalue weighted by Crippen LogP contribution is 2.41. The van der Waals surface area contributed by atoms with Crippen molar-refractivity contribution in [1.82, 2.24) is 14.9 Å². The number of nitrogens with one attached hydrogen (secondary N) is 1. The van der Waals surface area contributed by atoms with E-state index in [4.69, 9.17) is 4.74 Å². The molecule has 1 aliphatic rings. The number of fused-ring (bicyclic) bond motifs is 3. The molecule has 0 aliphatic heterocycles. The van der Waals surface area contributed by atoms with Gasteiger partial charge in [-0.05, 0) is 44.6 Å². The Balaban J connectivity index is 2.04. The van der Waals surface area contributed by atoms with Crippen molar-refractivity contribution in [1.29, 1.82) is 0 Å². The molecule has 1 aliphatic carbocycles. The number of thiophene rings is 1. The SMILES string of the molecule is CCOC(=O)C1CCCc2sc3nc(C)n(CC(=O)NCC(C)C)c(=O)c3c21. The van der Waals surface area contributed by atoms with Crippen LogP contribution in [0.3, 0.4) is 0 Å². The van der Waals surface area contributed by atoms with Crippen LogP contribution in [0.15, 0.2) is 4.79 Å². The Morgan fingerprint density at radius 1 is 1.39 bits per heavy atom. The van der Waals surface area contributed by atoms with Crippen LogP contribution in [0.4, 0.5) is 0 Å². The molecule has 2 heterocycles. The van der Waals surface area contributed by atoms with Crippen molar-refractivity contribution < 1.29 is 14.3 Å². The quantitative estimate of drug-likeness (QED) is 0.746. The summed E-state index contributed by atoms with van der Waals surface area (Å²) in [5.41, 5.74) is 0.509. The number of hydrogen-bond acceptors (Lipinski definition) is 6. The molecular formula is C20H27N3O4S. The number of nitrogens with zero attached hydrogens (tertiary/aromatic N) is 2. The lowest BCUT2D eigenvalue weighted by Crippen LogP contribution is -2.35. The number of hydrogen-bond donors (Lipinski definition) is 1. The number of rotatable bonds is 6. The molecule has 0 fully saturated rings. The molecule has 28 heavy (non-hydrogen) atoms. The number of aromatic nitrogens is 2. The molecule has 0 radical (unpaired) electrons. The van der Waals surface area contributed by atoms with Crippen molar-refractivity contribution in [3.63, 3.8) is 0 Å². The average molecular weight is 406 g/mol. The predicted molar refractivity (Wildman–Crippen MR) is 109 cm³/mol. The summed E-state index contributed by atoms with van der Waals surface area (Å²) in [6, 6.07) is 0. The minimum Gasteiger partial charge on any atom is -0.466 e. The Bertz CT molecular complexity index is 960. The van der Waals surface area contributed by atoms with Gasteiger partial charge in [0.15, 0.2) is 0 Å². The topological polar surface area (TPSA) is 90.3 Å². The van der Waals surface area contributed by atoms with Crippen molar-refractivity contribution in [2.75, 3.05) is 13.2 Å². The summed E-state index contributed by atoms with van der Waals surface area (Å²) in [4.78, 5) is 44.3. The smallest absolute Gasteiger partial charge is 0.313 e. The van der Waals surface area contributed by atoms with Gasteiger partial charge in [0.2, 0.25) is 5.91 Å². The van der Waals surface area contributed by atoms with Crippen molar-refractivity contribution in [2.24, 2.45) is 5.92 Å². The Hall–Kier alpha value is -2.22.